The summed E-state index contributed by atoms with van der Waals surface area (Å²) in [5.74, 6) is -1.69. The van der Waals surface area contributed by atoms with E-state index in [4.69, 9.17) is 18.9 Å². The summed E-state index contributed by atoms with van der Waals surface area (Å²) < 4.78 is 21.2. The van der Waals surface area contributed by atoms with E-state index >= 15 is 0 Å². The van der Waals surface area contributed by atoms with Crippen LogP contribution < -0.4 is 25.4 Å². The van der Waals surface area contributed by atoms with Gasteiger partial charge in [-0.05, 0) is 48.6 Å². The Morgan fingerprint density at radius 1 is 0.694 bits per heavy atom. The number of hydrogen-bond acceptors (Lipinski definition) is 10. The Labute approximate surface area is 287 Å². The molecule has 0 heterocycles. The Balaban J connectivity index is 2.20. The minimum absolute atomic E-state index is 0.0216. The smallest absolute Gasteiger partial charge is 0.408 e. The molecule has 3 atom stereocenters. The molecule has 14 heteroatoms. The van der Waals surface area contributed by atoms with Gasteiger partial charge in [0.25, 0.3) is 5.69 Å². The van der Waals surface area contributed by atoms with E-state index < -0.39 is 53.5 Å². The number of benzene rings is 2. The topological polar surface area (TPSA) is 184 Å². The molecular weight excluding hydrogens is 636 g/mol. The largest absolute Gasteiger partial charge is 0.493 e. The number of carbonyl (C=O) groups is 4. The molecule has 0 aliphatic heterocycles. The van der Waals surface area contributed by atoms with Crippen LogP contribution in [0.2, 0.25) is 0 Å². The molecule has 3 N–H and O–H groups in total. The molecule has 0 aliphatic carbocycles. The Morgan fingerprint density at radius 3 is 1.69 bits per heavy atom. The maximum Gasteiger partial charge on any atom is 0.408 e. The molecular formula is C35H50N4O10. The van der Waals surface area contributed by atoms with E-state index in [1.165, 1.54) is 26.4 Å². The van der Waals surface area contributed by atoms with Crippen molar-refractivity contribution in [2.75, 3.05) is 14.2 Å². The lowest BCUT2D eigenvalue weighted by molar-refractivity contribution is -0.385. The van der Waals surface area contributed by atoms with E-state index in [1.54, 1.807) is 0 Å². The first-order valence-electron chi connectivity index (χ1n) is 16.3. The standard InChI is InChI=1S/C35H50N4O10/c1-21(2)14-26(36-33(41)27(15-22(3)4)38-35(43)49-19-24-12-10-9-11-13-24)32(40)37-28(16-23(5)6)34(42)48-20-25-17-30(46-7)31(47-8)18-29(25)39(44)45/h9-13,17-18,21-23,26-28H,14-16,19-20H2,1-8H3,(H,36,41)(H,37,40)(H,38,43)/t26-,27-,28-/m0/s1. The predicted molar refractivity (Wildman–Crippen MR) is 182 cm³/mol. The number of methoxy groups -OCH3 is 2. The van der Waals surface area contributed by atoms with Gasteiger partial charge in [-0.1, -0.05) is 71.9 Å². The summed E-state index contributed by atoms with van der Waals surface area (Å²) in [5, 5.41) is 19.8. The summed E-state index contributed by atoms with van der Waals surface area (Å²) >= 11 is 0. The second kappa shape index (κ2) is 19.8. The number of nitrogens with zero attached hydrogens (tertiary/aromatic N) is 1. The molecule has 14 nitrogen and oxygen atoms in total. The average molecular weight is 687 g/mol. The van der Waals surface area contributed by atoms with Gasteiger partial charge in [0, 0.05) is 0 Å². The van der Waals surface area contributed by atoms with Crippen LogP contribution >= 0.6 is 0 Å². The van der Waals surface area contributed by atoms with Gasteiger partial charge < -0.3 is 34.9 Å². The number of nitro groups is 1. The number of amides is 3. The molecule has 2 rings (SSSR count). The minimum Gasteiger partial charge on any atom is -0.493 e. The van der Waals surface area contributed by atoms with Gasteiger partial charge >= 0.3 is 12.1 Å². The predicted octanol–water partition coefficient (Wildman–Crippen LogP) is 5.06. The Morgan fingerprint density at radius 2 is 1.18 bits per heavy atom. The third-order valence-electron chi connectivity index (χ3n) is 7.33. The number of hydrogen-bond donors (Lipinski definition) is 3. The number of nitro benzene ring substituents is 1. The molecule has 0 spiro atoms. The lowest BCUT2D eigenvalue weighted by atomic mass is 9.99. The fourth-order valence-corrected chi connectivity index (χ4v) is 4.99. The van der Waals surface area contributed by atoms with Crippen LogP contribution in [0.5, 0.6) is 11.5 Å². The summed E-state index contributed by atoms with van der Waals surface area (Å²) in [7, 11) is 2.72. The van der Waals surface area contributed by atoms with Crippen LogP contribution in [0.1, 0.15) is 71.9 Å². The highest BCUT2D eigenvalue weighted by Gasteiger charge is 2.32. The first-order valence-corrected chi connectivity index (χ1v) is 16.3. The van der Waals surface area contributed by atoms with Crippen LogP contribution in [0.25, 0.3) is 0 Å². The van der Waals surface area contributed by atoms with Crippen molar-refractivity contribution in [1.29, 1.82) is 0 Å². The van der Waals surface area contributed by atoms with Gasteiger partial charge in [-0.3, -0.25) is 19.7 Å². The zero-order chi connectivity index (χ0) is 36.7. The number of ether oxygens (including phenoxy) is 4. The van der Waals surface area contributed by atoms with E-state index in [0.29, 0.717) is 0 Å². The van der Waals surface area contributed by atoms with Crippen molar-refractivity contribution in [3.05, 3.63) is 63.7 Å². The lowest BCUT2D eigenvalue weighted by Crippen LogP contribution is -2.56. The fraction of sp³-hybridized carbons (Fsp3) is 0.543. The molecule has 0 aliphatic rings. The van der Waals surface area contributed by atoms with Crippen LogP contribution in [-0.2, 0) is 37.1 Å². The Hall–Kier alpha value is -4.88. The number of alkyl carbamates (subject to hydrolysis) is 1. The monoisotopic (exact) mass is 686 g/mol. The molecule has 0 aromatic heterocycles. The number of carbonyl (C=O) groups excluding carboxylic acids is 4. The second-order valence-corrected chi connectivity index (χ2v) is 13.0. The van der Waals surface area contributed by atoms with Gasteiger partial charge in [0.05, 0.1) is 30.8 Å². The van der Waals surface area contributed by atoms with Crippen molar-refractivity contribution in [2.45, 2.75) is 92.1 Å². The molecule has 3 amide bonds. The van der Waals surface area contributed by atoms with Crippen molar-refractivity contribution < 1.29 is 43.0 Å². The zero-order valence-corrected chi connectivity index (χ0v) is 29.6. The van der Waals surface area contributed by atoms with Gasteiger partial charge in [-0.25, -0.2) is 9.59 Å². The van der Waals surface area contributed by atoms with Crippen molar-refractivity contribution in [2.24, 2.45) is 17.8 Å². The van der Waals surface area contributed by atoms with E-state index in [-0.39, 0.29) is 66.4 Å². The number of esters is 1. The van der Waals surface area contributed by atoms with Crippen molar-refractivity contribution in [3.63, 3.8) is 0 Å². The lowest BCUT2D eigenvalue weighted by Gasteiger charge is -2.27. The maximum atomic E-state index is 13.6. The van der Waals surface area contributed by atoms with Gasteiger partial charge in [0.15, 0.2) is 11.5 Å². The Kier molecular flexibility index (Phi) is 16.3. The summed E-state index contributed by atoms with van der Waals surface area (Å²) in [6.07, 6.45) is -0.0476. The molecule has 49 heavy (non-hydrogen) atoms. The van der Waals surface area contributed by atoms with Crippen LogP contribution in [-0.4, -0.2) is 61.1 Å². The van der Waals surface area contributed by atoms with E-state index in [1.807, 2.05) is 71.9 Å². The molecule has 0 bridgehead atoms. The highest BCUT2D eigenvalue weighted by molar-refractivity contribution is 5.93. The summed E-state index contributed by atoms with van der Waals surface area (Å²) in [5.41, 5.74) is 0.525. The highest BCUT2D eigenvalue weighted by atomic mass is 16.6. The first-order chi connectivity index (χ1) is 23.1. The molecule has 2 aromatic carbocycles. The normalized spacial score (nSPS) is 12.9. The van der Waals surface area contributed by atoms with Gasteiger partial charge in [-0.2, -0.15) is 0 Å². The van der Waals surface area contributed by atoms with Crippen molar-refractivity contribution >= 4 is 29.6 Å². The van der Waals surface area contributed by atoms with Crippen LogP contribution in [0.15, 0.2) is 42.5 Å². The molecule has 0 saturated carbocycles. The van der Waals surface area contributed by atoms with Crippen LogP contribution in [0, 0.1) is 27.9 Å². The summed E-state index contributed by atoms with van der Waals surface area (Å²) in [4.78, 5) is 64.2. The number of rotatable bonds is 19. The van der Waals surface area contributed by atoms with Crippen LogP contribution in [0.4, 0.5) is 10.5 Å². The summed E-state index contributed by atoms with van der Waals surface area (Å²) in [6.45, 7) is 10.8. The third-order valence-corrected chi connectivity index (χ3v) is 7.33. The van der Waals surface area contributed by atoms with E-state index in [2.05, 4.69) is 16.0 Å². The Bertz CT molecular complexity index is 1410. The van der Waals surface area contributed by atoms with Crippen molar-refractivity contribution in [3.8, 4) is 11.5 Å². The third kappa shape index (κ3) is 13.6. The number of nitrogens with one attached hydrogen (secondary N) is 3. The minimum atomic E-state index is -1.11. The second-order valence-electron chi connectivity index (χ2n) is 13.0. The maximum absolute atomic E-state index is 13.6. The highest BCUT2D eigenvalue weighted by Crippen LogP contribution is 2.35. The molecule has 0 radical (unpaired) electrons. The van der Waals surface area contributed by atoms with Crippen molar-refractivity contribution in [1.82, 2.24) is 16.0 Å². The molecule has 2 aromatic rings. The van der Waals surface area contributed by atoms with Gasteiger partial charge in [-0.15, -0.1) is 0 Å². The molecule has 0 saturated heterocycles. The molecule has 0 fully saturated rings. The first kappa shape index (κ1) is 40.3. The average Bonchev–Trinajstić information content (AvgIpc) is 3.04. The van der Waals surface area contributed by atoms with Gasteiger partial charge in [0.1, 0.15) is 31.3 Å². The van der Waals surface area contributed by atoms with E-state index in [0.717, 1.165) is 5.56 Å². The molecule has 0 unspecified atom stereocenters. The quantitative estimate of drug-likeness (QED) is 0.103. The molecule has 270 valence electrons. The van der Waals surface area contributed by atoms with E-state index in [9.17, 15) is 29.3 Å². The van der Waals surface area contributed by atoms with Gasteiger partial charge in [0.2, 0.25) is 11.8 Å². The zero-order valence-electron chi connectivity index (χ0n) is 29.6. The fourth-order valence-electron chi connectivity index (χ4n) is 4.99. The SMILES string of the molecule is COc1cc(COC(=O)[C@H](CC(C)C)NC(=O)[C@H](CC(C)C)NC(=O)[C@H](CC(C)C)NC(=O)OCc2ccccc2)c([N+](=O)[O-])cc1OC. The summed E-state index contributed by atoms with van der Waals surface area (Å²) in [6, 6.07) is 8.49. The van der Waals surface area contributed by atoms with Crippen LogP contribution in [0.3, 0.4) is 0 Å².